The van der Waals surface area contributed by atoms with Crippen molar-refractivity contribution in [2.75, 3.05) is 7.11 Å². The molecule has 0 saturated carbocycles. The lowest BCUT2D eigenvalue weighted by Crippen LogP contribution is -2.30. The molecule has 0 bridgehead atoms. The van der Waals surface area contributed by atoms with E-state index in [9.17, 15) is 9.59 Å². The van der Waals surface area contributed by atoms with Crippen molar-refractivity contribution < 1.29 is 23.8 Å². The van der Waals surface area contributed by atoms with Crippen molar-refractivity contribution >= 4 is 33.9 Å². The first-order chi connectivity index (χ1) is 18.0. The van der Waals surface area contributed by atoms with Crippen LogP contribution in [0.5, 0.6) is 11.5 Å². The van der Waals surface area contributed by atoms with Gasteiger partial charge in [0.2, 0.25) is 0 Å². The lowest BCUT2D eigenvalue weighted by molar-refractivity contribution is -0.117. The van der Waals surface area contributed by atoms with Gasteiger partial charge < -0.3 is 14.2 Å². The molecule has 3 aromatic carbocycles. The van der Waals surface area contributed by atoms with E-state index in [2.05, 4.69) is 18.2 Å². The maximum absolute atomic E-state index is 13.1. The molecule has 0 amide bonds. The topological polar surface area (TPSA) is 61.8 Å². The monoisotopic (exact) mass is 514 g/mol. The molecule has 0 N–H and O–H groups in total. The minimum absolute atomic E-state index is 0.0301. The Morgan fingerprint density at radius 3 is 2.27 bits per heavy atom. The van der Waals surface area contributed by atoms with Crippen LogP contribution in [0.4, 0.5) is 0 Å². The van der Waals surface area contributed by atoms with Crippen LogP contribution in [0, 0.1) is 0 Å². The highest BCUT2D eigenvalue weighted by Crippen LogP contribution is 2.50. The molecular weight excluding hydrogens is 488 g/mol. The molecule has 6 rings (SSSR count). The minimum Gasteiger partial charge on any atom is -0.493 e. The summed E-state index contributed by atoms with van der Waals surface area (Å²) in [5, 5.41) is 2.63. The van der Waals surface area contributed by atoms with Crippen molar-refractivity contribution in [2.45, 2.75) is 51.0 Å². The molecule has 6 heteroatoms. The summed E-state index contributed by atoms with van der Waals surface area (Å²) in [6, 6.07) is 17.9. The number of carbonyl (C=O) groups excluding carboxylic acids is 2. The Balaban J connectivity index is 1.40. The Morgan fingerprint density at radius 1 is 0.892 bits per heavy atom. The summed E-state index contributed by atoms with van der Waals surface area (Å²) < 4.78 is 18.1. The first kappa shape index (κ1) is 23.8. The Morgan fingerprint density at radius 2 is 1.57 bits per heavy atom. The Hall–Kier alpha value is -3.57. The molecule has 2 aliphatic carbocycles. The van der Waals surface area contributed by atoms with E-state index in [1.807, 2.05) is 30.3 Å². The van der Waals surface area contributed by atoms with Gasteiger partial charge >= 0.3 is 0 Å². The van der Waals surface area contributed by atoms with Crippen LogP contribution in [0.1, 0.15) is 55.6 Å². The fourth-order valence-corrected chi connectivity index (χ4v) is 6.04. The molecule has 3 aromatic rings. The van der Waals surface area contributed by atoms with Gasteiger partial charge in [0, 0.05) is 42.7 Å². The van der Waals surface area contributed by atoms with E-state index in [-0.39, 0.29) is 11.6 Å². The number of carbonyl (C=O) groups is 2. The van der Waals surface area contributed by atoms with E-state index in [1.165, 1.54) is 0 Å². The lowest BCUT2D eigenvalue weighted by Gasteiger charge is -2.36. The number of rotatable bonds is 5. The van der Waals surface area contributed by atoms with Gasteiger partial charge in [-0.1, -0.05) is 54.1 Å². The van der Waals surface area contributed by atoms with Crippen LogP contribution in [-0.2, 0) is 20.9 Å². The quantitative estimate of drug-likeness (QED) is 0.360. The van der Waals surface area contributed by atoms with E-state index >= 15 is 0 Å². The number of allylic oxidation sites excluding steroid dienone is 4. The second-order valence-corrected chi connectivity index (χ2v) is 10.1. The van der Waals surface area contributed by atoms with Crippen molar-refractivity contribution in [3.63, 3.8) is 0 Å². The number of ketones is 2. The van der Waals surface area contributed by atoms with Crippen LogP contribution in [0.15, 0.2) is 77.3 Å². The Bertz CT molecular complexity index is 1450. The molecule has 1 aliphatic heterocycles. The average Bonchev–Trinajstić information content (AvgIpc) is 2.91. The summed E-state index contributed by atoms with van der Waals surface area (Å²) in [6.07, 6.45) is 3.80. The number of ether oxygens (including phenoxy) is 3. The van der Waals surface area contributed by atoms with Crippen molar-refractivity contribution in [3.8, 4) is 11.5 Å². The average molecular weight is 515 g/mol. The van der Waals surface area contributed by atoms with Crippen LogP contribution in [0.25, 0.3) is 10.8 Å². The zero-order chi connectivity index (χ0) is 25.5. The van der Waals surface area contributed by atoms with Crippen LogP contribution in [0.3, 0.4) is 0 Å². The molecule has 37 heavy (non-hydrogen) atoms. The third-order valence-corrected chi connectivity index (χ3v) is 7.76. The van der Waals surface area contributed by atoms with Gasteiger partial charge in [0.15, 0.2) is 23.1 Å². The van der Waals surface area contributed by atoms with Gasteiger partial charge in [0.05, 0.1) is 12.1 Å². The molecule has 0 spiro atoms. The van der Waals surface area contributed by atoms with Gasteiger partial charge in [-0.3, -0.25) is 9.59 Å². The van der Waals surface area contributed by atoms with Gasteiger partial charge in [-0.15, -0.1) is 0 Å². The fraction of sp³-hybridized carbons (Fsp3) is 0.290. The SMILES string of the molecule is COc1cc(C2C3=C(CCCC3=O)OC3=C2C(=O)CCC3)cc(Cl)c1OCc1cccc2ccccc12. The third-order valence-electron chi connectivity index (χ3n) is 7.48. The highest BCUT2D eigenvalue weighted by atomic mass is 35.5. The smallest absolute Gasteiger partial charge is 0.180 e. The summed E-state index contributed by atoms with van der Waals surface area (Å²) in [6.45, 7) is 0.315. The molecule has 188 valence electrons. The van der Waals surface area contributed by atoms with Crippen molar-refractivity contribution in [1.82, 2.24) is 0 Å². The molecule has 0 unspecified atom stereocenters. The highest BCUT2D eigenvalue weighted by Gasteiger charge is 2.42. The summed E-state index contributed by atoms with van der Waals surface area (Å²) in [4.78, 5) is 26.2. The van der Waals surface area contributed by atoms with E-state index in [4.69, 9.17) is 25.8 Å². The van der Waals surface area contributed by atoms with Crippen LogP contribution in [0.2, 0.25) is 5.02 Å². The standard InChI is InChI=1S/C31H27ClO5/c1-35-27-16-20(15-22(32)31(27)36-17-19-9-4-8-18-7-2-3-10-21(18)19)28-29-23(33)11-5-13-25(29)37-26-14-6-12-24(34)30(26)28/h2-4,7-10,15-16,28H,5-6,11-14,17H2,1H3. The second kappa shape index (κ2) is 9.71. The first-order valence-corrected chi connectivity index (χ1v) is 13.1. The number of hydrogen-bond acceptors (Lipinski definition) is 5. The zero-order valence-corrected chi connectivity index (χ0v) is 21.4. The van der Waals surface area contributed by atoms with Gasteiger partial charge in [-0.2, -0.15) is 0 Å². The number of fused-ring (bicyclic) bond motifs is 1. The van der Waals surface area contributed by atoms with Crippen molar-refractivity contribution in [1.29, 1.82) is 0 Å². The van der Waals surface area contributed by atoms with Gasteiger partial charge in [-0.25, -0.2) is 0 Å². The summed E-state index contributed by atoms with van der Waals surface area (Å²) >= 11 is 6.80. The van der Waals surface area contributed by atoms with Crippen molar-refractivity contribution in [2.24, 2.45) is 0 Å². The largest absolute Gasteiger partial charge is 0.493 e. The predicted octanol–water partition coefficient (Wildman–Crippen LogP) is 7.21. The van der Waals surface area contributed by atoms with E-state index < -0.39 is 5.92 Å². The zero-order valence-electron chi connectivity index (χ0n) is 20.6. The van der Waals surface area contributed by atoms with Gasteiger partial charge in [0.1, 0.15) is 18.1 Å². The third kappa shape index (κ3) is 4.21. The maximum Gasteiger partial charge on any atom is 0.180 e. The fourth-order valence-electron chi connectivity index (χ4n) is 5.77. The van der Waals surface area contributed by atoms with E-state index in [1.54, 1.807) is 13.2 Å². The number of hydrogen-bond donors (Lipinski definition) is 0. The second-order valence-electron chi connectivity index (χ2n) is 9.72. The number of methoxy groups -OCH3 is 1. The molecule has 0 radical (unpaired) electrons. The summed E-state index contributed by atoms with van der Waals surface area (Å²) in [5.41, 5.74) is 2.95. The van der Waals surface area contributed by atoms with E-state index in [0.29, 0.717) is 71.5 Å². The highest BCUT2D eigenvalue weighted by molar-refractivity contribution is 6.32. The molecule has 0 fully saturated rings. The van der Waals surface area contributed by atoms with Crippen molar-refractivity contribution in [3.05, 3.63) is 93.4 Å². The Labute approximate surface area is 220 Å². The summed E-state index contributed by atoms with van der Waals surface area (Å²) in [5.74, 6) is 1.84. The van der Waals surface area contributed by atoms with Gasteiger partial charge in [-0.05, 0) is 46.9 Å². The lowest BCUT2D eigenvalue weighted by atomic mass is 9.73. The molecule has 0 atom stereocenters. The Kier molecular flexibility index (Phi) is 6.25. The number of halogens is 1. The van der Waals surface area contributed by atoms with Gasteiger partial charge in [0.25, 0.3) is 0 Å². The maximum atomic E-state index is 13.1. The van der Waals surface area contributed by atoms with Crippen LogP contribution >= 0.6 is 11.6 Å². The molecule has 3 aliphatic rings. The molecule has 5 nitrogen and oxygen atoms in total. The first-order valence-electron chi connectivity index (χ1n) is 12.7. The number of Topliss-reactive ketones (excluding diaryl/α,β-unsaturated/α-hetero) is 2. The normalized spacial score (nSPS) is 18.0. The summed E-state index contributed by atoms with van der Waals surface area (Å²) in [7, 11) is 1.57. The molecular formula is C31H27ClO5. The van der Waals surface area contributed by atoms with Crippen LogP contribution in [-0.4, -0.2) is 18.7 Å². The molecule has 1 heterocycles. The molecule has 0 aromatic heterocycles. The number of benzene rings is 3. The molecule has 0 saturated heterocycles. The van der Waals surface area contributed by atoms with Crippen LogP contribution < -0.4 is 9.47 Å². The minimum atomic E-state index is -0.502. The predicted molar refractivity (Wildman–Crippen MR) is 142 cm³/mol. The van der Waals surface area contributed by atoms with E-state index in [0.717, 1.165) is 34.7 Å².